The van der Waals surface area contributed by atoms with Gasteiger partial charge < -0.3 is 14.6 Å². The van der Waals surface area contributed by atoms with Gasteiger partial charge in [0, 0.05) is 18.5 Å². The summed E-state index contributed by atoms with van der Waals surface area (Å²) in [5, 5.41) is 9.74. The number of carboxylic acid groups (broad SMARTS) is 1. The maximum absolute atomic E-state index is 11.9. The van der Waals surface area contributed by atoms with Crippen LogP contribution in [-0.4, -0.2) is 43.3 Å². The molecule has 0 aliphatic rings. The van der Waals surface area contributed by atoms with E-state index in [2.05, 4.69) is 0 Å². The van der Waals surface area contributed by atoms with E-state index in [1.807, 2.05) is 61.3 Å². The van der Waals surface area contributed by atoms with E-state index >= 15 is 0 Å². The average Bonchev–Trinajstić information content (AvgIpc) is 2.60. The molecule has 2 aromatic rings. The van der Waals surface area contributed by atoms with Gasteiger partial charge in [-0.25, -0.2) is 0 Å². The van der Waals surface area contributed by atoms with Crippen molar-refractivity contribution in [3.8, 4) is 11.5 Å². The summed E-state index contributed by atoms with van der Waals surface area (Å²) in [5.74, 6) is 0.426. The fourth-order valence-electron chi connectivity index (χ4n) is 2.92. The van der Waals surface area contributed by atoms with Gasteiger partial charge in [0.15, 0.2) is 0 Å². The van der Waals surface area contributed by atoms with E-state index in [9.17, 15) is 9.90 Å². The van der Waals surface area contributed by atoms with E-state index in [0.29, 0.717) is 24.5 Å². The summed E-state index contributed by atoms with van der Waals surface area (Å²) in [6, 6.07) is 12.9. The first kappa shape index (κ1) is 18.8. The molecule has 5 heteroatoms. The lowest BCUT2D eigenvalue weighted by Gasteiger charge is -2.26. The van der Waals surface area contributed by atoms with Crippen LogP contribution in [0.1, 0.15) is 16.7 Å². The van der Waals surface area contributed by atoms with E-state index in [-0.39, 0.29) is 0 Å². The summed E-state index contributed by atoms with van der Waals surface area (Å²) in [5.41, 5.74) is 2.84. The van der Waals surface area contributed by atoms with Gasteiger partial charge in [0.05, 0.1) is 14.2 Å². The monoisotopic (exact) mass is 343 g/mol. The van der Waals surface area contributed by atoms with Gasteiger partial charge in [-0.2, -0.15) is 0 Å². The quantitative estimate of drug-likeness (QED) is 0.798. The molecule has 1 atom stereocenters. The van der Waals surface area contributed by atoms with Gasteiger partial charge in [-0.3, -0.25) is 9.69 Å². The number of ether oxygens (including phenoxy) is 2. The van der Waals surface area contributed by atoms with Crippen LogP contribution in [-0.2, 0) is 17.8 Å². The van der Waals surface area contributed by atoms with Crippen LogP contribution in [0.15, 0.2) is 42.5 Å². The van der Waals surface area contributed by atoms with Crippen LogP contribution < -0.4 is 9.47 Å². The van der Waals surface area contributed by atoms with E-state index in [4.69, 9.17) is 9.47 Å². The molecule has 0 amide bonds. The van der Waals surface area contributed by atoms with E-state index in [1.54, 1.807) is 14.2 Å². The van der Waals surface area contributed by atoms with Crippen LogP contribution in [0, 0.1) is 6.92 Å². The van der Waals surface area contributed by atoms with Crippen LogP contribution >= 0.6 is 0 Å². The zero-order valence-corrected chi connectivity index (χ0v) is 15.2. The fourth-order valence-corrected chi connectivity index (χ4v) is 2.92. The van der Waals surface area contributed by atoms with Crippen molar-refractivity contribution in [1.82, 2.24) is 4.90 Å². The molecular formula is C20H25NO4. The molecule has 0 spiro atoms. The number of methoxy groups -OCH3 is 2. The molecule has 0 bridgehead atoms. The molecule has 0 aromatic heterocycles. The van der Waals surface area contributed by atoms with Crippen molar-refractivity contribution in [2.24, 2.45) is 0 Å². The van der Waals surface area contributed by atoms with Crippen molar-refractivity contribution < 1.29 is 19.4 Å². The summed E-state index contributed by atoms with van der Waals surface area (Å²) >= 11 is 0. The topological polar surface area (TPSA) is 59.0 Å². The Morgan fingerprint density at radius 2 is 1.68 bits per heavy atom. The van der Waals surface area contributed by atoms with E-state index < -0.39 is 12.0 Å². The number of hydrogen-bond acceptors (Lipinski definition) is 4. The molecule has 0 aliphatic carbocycles. The van der Waals surface area contributed by atoms with Crippen molar-refractivity contribution in [1.29, 1.82) is 0 Å². The molecule has 1 unspecified atom stereocenters. The molecule has 0 aliphatic heterocycles. The first-order valence-electron chi connectivity index (χ1n) is 8.14. The lowest BCUT2D eigenvalue weighted by molar-refractivity contribution is -0.142. The smallest absolute Gasteiger partial charge is 0.321 e. The molecule has 5 nitrogen and oxygen atoms in total. The summed E-state index contributed by atoms with van der Waals surface area (Å²) in [4.78, 5) is 13.7. The summed E-state index contributed by atoms with van der Waals surface area (Å²) < 4.78 is 10.9. The van der Waals surface area contributed by atoms with Crippen LogP contribution in [0.4, 0.5) is 0 Å². The Balaban J connectivity index is 2.29. The lowest BCUT2D eigenvalue weighted by Crippen LogP contribution is -2.39. The second-order valence-electron chi connectivity index (χ2n) is 6.11. The minimum Gasteiger partial charge on any atom is -0.496 e. The maximum Gasteiger partial charge on any atom is 0.321 e. The van der Waals surface area contributed by atoms with Gasteiger partial charge in [0.2, 0.25) is 0 Å². The Bertz CT molecular complexity index is 690. The number of hydrogen-bond donors (Lipinski definition) is 1. The van der Waals surface area contributed by atoms with Crippen LogP contribution in [0.2, 0.25) is 0 Å². The van der Waals surface area contributed by atoms with Gasteiger partial charge in [-0.1, -0.05) is 30.3 Å². The van der Waals surface area contributed by atoms with Gasteiger partial charge in [-0.15, -0.1) is 0 Å². The van der Waals surface area contributed by atoms with Crippen LogP contribution in [0.5, 0.6) is 11.5 Å². The van der Waals surface area contributed by atoms with E-state index in [0.717, 1.165) is 16.7 Å². The maximum atomic E-state index is 11.9. The third kappa shape index (κ3) is 4.73. The number of rotatable bonds is 8. The van der Waals surface area contributed by atoms with Crippen molar-refractivity contribution in [3.63, 3.8) is 0 Å². The van der Waals surface area contributed by atoms with Crippen molar-refractivity contribution in [3.05, 3.63) is 59.2 Å². The highest BCUT2D eigenvalue weighted by atomic mass is 16.5. The summed E-state index contributed by atoms with van der Waals surface area (Å²) in [6.45, 7) is 2.50. The molecule has 2 aromatic carbocycles. The van der Waals surface area contributed by atoms with Crippen molar-refractivity contribution in [2.75, 3.05) is 21.3 Å². The molecule has 25 heavy (non-hydrogen) atoms. The molecule has 0 radical (unpaired) electrons. The number of carbonyl (C=O) groups is 1. The fraction of sp³-hybridized carbons (Fsp3) is 0.350. The Morgan fingerprint density at radius 1 is 1.12 bits per heavy atom. The van der Waals surface area contributed by atoms with Crippen molar-refractivity contribution >= 4 is 5.97 Å². The third-order valence-corrected chi connectivity index (χ3v) is 4.24. The van der Waals surface area contributed by atoms with Gasteiger partial charge in [0.1, 0.15) is 17.5 Å². The highest BCUT2D eigenvalue weighted by Gasteiger charge is 2.26. The number of likely N-dealkylation sites (N-methyl/N-ethyl adjacent to an activating group) is 1. The summed E-state index contributed by atoms with van der Waals surface area (Å²) in [6.07, 6.45) is 0.297. The zero-order chi connectivity index (χ0) is 18.4. The predicted molar refractivity (Wildman–Crippen MR) is 97.3 cm³/mol. The molecule has 0 saturated carbocycles. The van der Waals surface area contributed by atoms with Crippen LogP contribution in [0.25, 0.3) is 0 Å². The number of aliphatic carboxylic acids is 1. The Kier molecular flexibility index (Phi) is 6.42. The highest BCUT2D eigenvalue weighted by Crippen LogP contribution is 2.32. The first-order chi connectivity index (χ1) is 12.0. The molecule has 1 N–H and O–H groups in total. The molecule has 2 rings (SSSR count). The average molecular weight is 343 g/mol. The largest absolute Gasteiger partial charge is 0.496 e. The molecule has 134 valence electrons. The number of benzene rings is 2. The van der Waals surface area contributed by atoms with Gasteiger partial charge in [-0.05, 0) is 37.2 Å². The van der Waals surface area contributed by atoms with E-state index in [1.165, 1.54) is 0 Å². The summed E-state index contributed by atoms with van der Waals surface area (Å²) in [7, 11) is 4.99. The predicted octanol–water partition coefficient (Wildman–Crippen LogP) is 3.14. The molecule has 0 fully saturated rings. The minimum absolute atomic E-state index is 0.297. The number of nitrogens with zero attached hydrogens (tertiary/aromatic N) is 1. The van der Waals surface area contributed by atoms with Gasteiger partial charge >= 0.3 is 5.97 Å². The molecule has 0 heterocycles. The Hall–Kier alpha value is -2.53. The second-order valence-corrected chi connectivity index (χ2v) is 6.11. The SMILES string of the molecule is COc1cc(C)cc(OC)c1CC(C(=O)O)N(C)Cc1ccccc1. The van der Waals surface area contributed by atoms with Gasteiger partial charge in [0.25, 0.3) is 0 Å². The zero-order valence-electron chi connectivity index (χ0n) is 15.2. The second kappa shape index (κ2) is 8.53. The van der Waals surface area contributed by atoms with Crippen LogP contribution in [0.3, 0.4) is 0 Å². The molecular weight excluding hydrogens is 318 g/mol. The standard InChI is InChI=1S/C20H25NO4/c1-14-10-18(24-3)16(19(11-14)25-4)12-17(20(22)23)21(2)13-15-8-6-5-7-9-15/h5-11,17H,12-13H2,1-4H3,(H,22,23). The number of carboxylic acids is 1. The first-order valence-corrected chi connectivity index (χ1v) is 8.14. The highest BCUT2D eigenvalue weighted by molar-refractivity contribution is 5.74. The minimum atomic E-state index is -0.872. The third-order valence-electron chi connectivity index (χ3n) is 4.24. The Labute approximate surface area is 148 Å². The number of aryl methyl sites for hydroxylation is 1. The normalized spacial score (nSPS) is 12.0. The Morgan fingerprint density at radius 3 is 2.16 bits per heavy atom. The molecule has 0 saturated heterocycles. The van der Waals surface area contributed by atoms with Crippen molar-refractivity contribution in [2.45, 2.75) is 25.9 Å². The lowest BCUT2D eigenvalue weighted by atomic mass is 10.0.